The van der Waals surface area contributed by atoms with Crippen molar-refractivity contribution in [2.45, 2.75) is 24.9 Å². The van der Waals surface area contributed by atoms with Gasteiger partial charge in [0.15, 0.2) is 0 Å². The Morgan fingerprint density at radius 3 is 2.44 bits per heavy atom. The second-order valence-corrected chi connectivity index (χ2v) is 4.95. The van der Waals surface area contributed by atoms with E-state index in [-0.39, 0.29) is 0 Å². The number of fused-ring (bicyclic) bond motifs is 3. The van der Waals surface area contributed by atoms with E-state index in [1.54, 1.807) is 0 Å². The van der Waals surface area contributed by atoms with Crippen molar-refractivity contribution in [3.8, 4) is 0 Å². The van der Waals surface area contributed by atoms with E-state index in [2.05, 4.69) is 52.7 Å². The van der Waals surface area contributed by atoms with Crippen LogP contribution in [0.25, 0.3) is 0 Å². The Labute approximate surface area is 97.0 Å². The molecule has 2 bridgehead atoms. The van der Waals surface area contributed by atoms with Gasteiger partial charge in [-0.2, -0.15) is 0 Å². The molecule has 3 aliphatic rings. The van der Waals surface area contributed by atoms with E-state index in [1.807, 2.05) is 0 Å². The van der Waals surface area contributed by atoms with Crippen LogP contribution in [0.15, 0.2) is 30.3 Å². The van der Waals surface area contributed by atoms with Gasteiger partial charge in [-0.1, -0.05) is 18.2 Å². The summed E-state index contributed by atoms with van der Waals surface area (Å²) in [5, 5.41) is 2.42. The van der Waals surface area contributed by atoms with E-state index in [0.29, 0.717) is 6.04 Å². The van der Waals surface area contributed by atoms with Crippen molar-refractivity contribution in [1.82, 2.24) is 9.91 Å². The van der Waals surface area contributed by atoms with E-state index in [4.69, 9.17) is 0 Å². The maximum atomic E-state index is 3.54. The first kappa shape index (κ1) is 10.1. The summed E-state index contributed by atoms with van der Waals surface area (Å²) in [6.45, 7) is 2.35. The molecule has 2 unspecified atom stereocenters. The summed E-state index contributed by atoms with van der Waals surface area (Å²) >= 11 is 0. The van der Waals surface area contributed by atoms with Gasteiger partial charge < -0.3 is 10.3 Å². The molecular formula is C13H19N3. The Hall–Kier alpha value is -1.06. The molecule has 1 N–H and O–H groups in total. The van der Waals surface area contributed by atoms with Crippen LogP contribution in [0, 0.1) is 0 Å². The number of hydrazine groups is 1. The number of nitrogens with one attached hydrogen (secondary N) is 1. The zero-order valence-electron chi connectivity index (χ0n) is 9.76. The van der Waals surface area contributed by atoms with Crippen molar-refractivity contribution < 1.29 is 0 Å². The number of nitrogens with zero attached hydrogens (tertiary/aromatic N) is 2. The third kappa shape index (κ3) is 1.81. The monoisotopic (exact) mass is 217 g/mol. The molecule has 0 aromatic heterocycles. The lowest BCUT2D eigenvalue weighted by molar-refractivity contribution is 0.00896. The first-order valence-corrected chi connectivity index (χ1v) is 6.11. The lowest BCUT2D eigenvalue weighted by Gasteiger charge is -2.50. The summed E-state index contributed by atoms with van der Waals surface area (Å²) < 4.78 is 0. The minimum Gasteiger partial charge on any atom is -0.319 e. The van der Waals surface area contributed by atoms with Crippen LogP contribution in [-0.2, 0) is 0 Å². The molecular weight excluding hydrogens is 198 g/mol. The first-order valence-electron chi connectivity index (χ1n) is 6.11. The fraction of sp³-hybridized carbons (Fsp3) is 0.538. The molecule has 1 aromatic carbocycles. The lowest BCUT2D eigenvalue weighted by Crippen LogP contribution is -2.62. The molecule has 3 fully saturated rings. The van der Waals surface area contributed by atoms with Gasteiger partial charge >= 0.3 is 0 Å². The maximum Gasteiger partial charge on any atom is 0.0490 e. The molecule has 0 spiro atoms. The third-order valence-electron chi connectivity index (χ3n) is 3.85. The molecule has 3 heterocycles. The van der Waals surface area contributed by atoms with Crippen LogP contribution in [0.1, 0.15) is 12.8 Å². The summed E-state index contributed by atoms with van der Waals surface area (Å²) in [5.74, 6) is 0. The molecule has 2 atom stereocenters. The predicted octanol–water partition coefficient (Wildman–Crippen LogP) is 1.79. The maximum absolute atomic E-state index is 3.54. The highest BCUT2D eigenvalue weighted by Crippen LogP contribution is 2.27. The summed E-state index contributed by atoms with van der Waals surface area (Å²) in [5.41, 5.74) is 4.75. The third-order valence-corrected chi connectivity index (χ3v) is 3.85. The van der Waals surface area contributed by atoms with E-state index < -0.39 is 0 Å². The fourth-order valence-corrected chi connectivity index (χ4v) is 2.85. The van der Waals surface area contributed by atoms with Crippen molar-refractivity contribution in [1.29, 1.82) is 0 Å². The second-order valence-electron chi connectivity index (χ2n) is 4.95. The average molecular weight is 217 g/mol. The molecule has 3 nitrogen and oxygen atoms in total. The largest absolute Gasteiger partial charge is 0.319 e. The second kappa shape index (κ2) is 4.07. The van der Waals surface area contributed by atoms with Crippen LogP contribution in [0.5, 0.6) is 0 Å². The quantitative estimate of drug-likeness (QED) is 0.815. The van der Waals surface area contributed by atoms with E-state index in [1.165, 1.54) is 25.1 Å². The molecule has 0 aliphatic carbocycles. The van der Waals surface area contributed by atoms with Crippen molar-refractivity contribution in [3.63, 3.8) is 0 Å². The van der Waals surface area contributed by atoms with Crippen molar-refractivity contribution in [3.05, 3.63) is 30.3 Å². The number of likely N-dealkylation sites (N-methyl/N-ethyl adjacent to an activating group) is 1. The Balaban J connectivity index is 1.69. The summed E-state index contributed by atoms with van der Waals surface area (Å²) in [6, 6.07) is 11.9. The fourth-order valence-electron chi connectivity index (χ4n) is 2.85. The van der Waals surface area contributed by atoms with Crippen molar-refractivity contribution >= 4 is 5.69 Å². The number of piperazine rings is 1. The molecule has 1 aromatic rings. The Bertz CT molecular complexity index is 351. The minimum absolute atomic E-state index is 0.676. The first-order chi connectivity index (χ1) is 7.83. The highest BCUT2D eigenvalue weighted by atomic mass is 15.6. The highest BCUT2D eigenvalue weighted by molar-refractivity contribution is 5.41. The smallest absolute Gasteiger partial charge is 0.0490 e. The van der Waals surface area contributed by atoms with Crippen LogP contribution in [0.2, 0.25) is 0 Å². The molecule has 3 saturated heterocycles. The summed E-state index contributed by atoms with van der Waals surface area (Å²) in [7, 11) is 2.25. The molecule has 0 saturated carbocycles. The number of piperidine rings is 2. The van der Waals surface area contributed by atoms with Gasteiger partial charge in [0, 0.05) is 30.9 Å². The van der Waals surface area contributed by atoms with Gasteiger partial charge in [0.05, 0.1) is 0 Å². The average Bonchev–Trinajstić information content (AvgIpc) is 2.32. The molecule has 3 aliphatic heterocycles. The molecule has 0 amide bonds. The predicted molar refractivity (Wildman–Crippen MR) is 66.2 cm³/mol. The normalized spacial score (nSPS) is 30.6. The van der Waals surface area contributed by atoms with Gasteiger partial charge in [-0.25, -0.2) is 5.01 Å². The van der Waals surface area contributed by atoms with Gasteiger partial charge in [-0.15, -0.1) is 0 Å². The van der Waals surface area contributed by atoms with Crippen molar-refractivity contribution in [2.75, 3.05) is 25.6 Å². The Kier molecular flexibility index (Phi) is 2.58. The molecule has 3 heteroatoms. The van der Waals surface area contributed by atoms with Gasteiger partial charge in [0.2, 0.25) is 0 Å². The van der Waals surface area contributed by atoms with Crippen LogP contribution in [0.4, 0.5) is 5.69 Å². The molecule has 86 valence electrons. The number of anilines is 1. The SMILES string of the molecule is CN1CC2CCC1CN2Nc1ccccc1. The van der Waals surface area contributed by atoms with Crippen LogP contribution >= 0.6 is 0 Å². The number of benzene rings is 1. The van der Waals surface area contributed by atoms with Crippen LogP contribution < -0.4 is 5.43 Å². The van der Waals surface area contributed by atoms with Gasteiger partial charge in [-0.05, 0) is 32.0 Å². The molecule has 4 rings (SSSR count). The van der Waals surface area contributed by atoms with Gasteiger partial charge in [0.1, 0.15) is 0 Å². The Morgan fingerprint density at radius 1 is 1.06 bits per heavy atom. The topological polar surface area (TPSA) is 18.5 Å². The van der Waals surface area contributed by atoms with Crippen LogP contribution in [-0.4, -0.2) is 42.1 Å². The van der Waals surface area contributed by atoms with Crippen LogP contribution in [0.3, 0.4) is 0 Å². The summed E-state index contributed by atoms with van der Waals surface area (Å²) in [6.07, 6.45) is 2.68. The number of hydrogen-bond donors (Lipinski definition) is 1. The number of hydrogen-bond acceptors (Lipinski definition) is 3. The zero-order valence-corrected chi connectivity index (χ0v) is 9.76. The van der Waals surface area contributed by atoms with E-state index in [0.717, 1.165) is 12.6 Å². The van der Waals surface area contributed by atoms with E-state index in [9.17, 15) is 0 Å². The van der Waals surface area contributed by atoms with E-state index >= 15 is 0 Å². The standard InChI is InChI=1S/C13H19N3/c1-15-9-13-8-7-12(15)10-16(13)14-11-5-3-2-4-6-11/h2-6,12-14H,7-10H2,1H3. The minimum atomic E-state index is 0.676. The zero-order chi connectivity index (χ0) is 11.0. The molecule has 16 heavy (non-hydrogen) atoms. The van der Waals surface area contributed by atoms with Crippen molar-refractivity contribution in [2.24, 2.45) is 0 Å². The highest BCUT2D eigenvalue weighted by Gasteiger charge is 2.37. The lowest BCUT2D eigenvalue weighted by atomic mass is 9.93. The Morgan fingerprint density at radius 2 is 1.81 bits per heavy atom. The van der Waals surface area contributed by atoms with Gasteiger partial charge in [-0.3, -0.25) is 0 Å². The molecule has 0 radical (unpaired) electrons. The van der Waals surface area contributed by atoms with Gasteiger partial charge in [0.25, 0.3) is 0 Å². The number of para-hydroxylation sites is 1. The number of rotatable bonds is 2. The summed E-state index contributed by atoms with van der Waals surface area (Å²) in [4.78, 5) is 2.50.